The molecule has 0 amide bonds. The van der Waals surface area contributed by atoms with Gasteiger partial charge in [-0.3, -0.25) is 4.90 Å². The molecule has 0 aliphatic carbocycles. The summed E-state index contributed by atoms with van der Waals surface area (Å²) in [4.78, 5) is 5.28. The van der Waals surface area contributed by atoms with Gasteiger partial charge in [-0.2, -0.15) is 0 Å². The molecule has 0 saturated carbocycles. The Morgan fingerprint density at radius 1 is 0.867 bits per heavy atom. The molecule has 0 aromatic carbocycles. The van der Waals surface area contributed by atoms with Crippen LogP contribution in [0.5, 0.6) is 0 Å². The Morgan fingerprint density at radius 3 is 1.80 bits per heavy atom. The highest BCUT2D eigenvalue weighted by Gasteiger charge is 2.21. The molecular weight excluding hydrogens is 184 g/mol. The minimum atomic E-state index is 0.860. The number of hydrogen-bond acceptors (Lipinski definition) is 2. The van der Waals surface area contributed by atoms with Crippen molar-refractivity contribution in [1.82, 2.24) is 9.80 Å². The fourth-order valence-corrected chi connectivity index (χ4v) is 2.62. The van der Waals surface area contributed by atoms with Crippen LogP contribution in [0.25, 0.3) is 0 Å². The van der Waals surface area contributed by atoms with Crippen LogP contribution in [0.2, 0.25) is 0 Å². The van der Waals surface area contributed by atoms with E-state index in [0.29, 0.717) is 0 Å². The van der Waals surface area contributed by atoms with E-state index >= 15 is 0 Å². The first-order valence-electron chi connectivity index (χ1n) is 6.78. The first kappa shape index (κ1) is 13.0. The highest BCUT2D eigenvalue weighted by Crippen LogP contribution is 2.15. The van der Waals surface area contributed by atoms with E-state index in [1.807, 2.05) is 0 Å². The first-order valence-corrected chi connectivity index (χ1v) is 6.78. The molecular formula is C13H28N2. The molecule has 90 valence electrons. The number of rotatable bonds is 6. The van der Waals surface area contributed by atoms with Crippen LogP contribution in [0.3, 0.4) is 0 Å². The van der Waals surface area contributed by atoms with Crippen LogP contribution in [-0.2, 0) is 0 Å². The van der Waals surface area contributed by atoms with Crippen LogP contribution in [0.1, 0.15) is 46.5 Å². The Kier molecular flexibility index (Phi) is 6.26. The molecule has 0 atom stereocenters. The predicted octanol–water partition coefficient (Wildman–Crippen LogP) is 2.59. The van der Waals surface area contributed by atoms with Crippen LogP contribution in [0.15, 0.2) is 0 Å². The second kappa shape index (κ2) is 7.24. The summed E-state index contributed by atoms with van der Waals surface area (Å²) in [7, 11) is 0. The van der Waals surface area contributed by atoms with Crippen LogP contribution in [-0.4, -0.2) is 48.6 Å². The van der Waals surface area contributed by atoms with E-state index in [2.05, 4.69) is 30.6 Å². The second-order valence-electron chi connectivity index (χ2n) is 4.70. The van der Waals surface area contributed by atoms with Crippen LogP contribution < -0.4 is 0 Å². The van der Waals surface area contributed by atoms with Gasteiger partial charge in [0, 0.05) is 32.2 Å². The normalized spacial score (nSPS) is 20.0. The van der Waals surface area contributed by atoms with Gasteiger partial charge in [-0.1, -0.05) is 33.6 Å². The maximum Gasteiger partial charge on any atom is 0.0113 e. The smallest absolute Gasteiger partial charge is 0.0113 e. The van der Waals surface area contributed by atoms with Crippen molar-refractivity contribution in [2.45, 2.75) is 52.5 Å². The predicted molar refractivity (Wildman–Crippen MR) is 67.3 cm³/mol. The van der Waals surface area contributed by atoms with E-state index < -0.39 is 0 Å². The third kappa shape index (κ3) is 4.12. The fraction of sp³-hybridized carbons (Fsp3) is 1.00. The number of hydrogen-bond donors (Lipinski definition) is 0. The molecule has 0 bridgehead atoms. The Hall–Kier alpha value is -0.0800. The SMILES string of the molecule is CCCC(CCC)N1CCN(CC)CC1. The molecule has 0 unspecified atom stereocenters. The lowest BCUT2D eigenvalue weighted by molar-refractivity contribution is 0.0904. The average molecular weight is 212 g/mol. The minimum absolute atomic E-state index is 0.860. The molecule has 1 heterocycles. The van der Waals surface area contributed by atoms with Gasteiger partial charge in [0.2, 0.25) is 0 Å². The highest BCUT2D eigenvalue weighted by molar-refractivity contribution is 4.77. The summed E-state index contributed by atoms with van der Waals surface area (Å²) in [5, 5.41) is 0. The molecule has 0 aromatic heterocycles. The molecule has 2 heteroatoms. The quantitative estimate of drug-likeness (QED) is 0.668. The maximum absolute atomic E-state index is 2.72. The maximum atomic E-state index is 2.72. The monoisotopic (exact) mass is 212 g/mol. The molecule has 1 fully saturated rings. The Balaban J connectivity index is 2.34. The van der Waals surface area contributed by atoms with Crippen molar-refractivity contribution in [3.8, 4) is 0 Å². The van der Waals surface area contributed by atoms with E-state index in [-0.39, 0.29) is 0 Å². The van der Waals surface area contributed by atoms with Crippen molar-refractivity contribution in [2.24, 2.45) is 0 Å². The molecule has 1 rings (SSSR count). The molecule has 1 aliphatic rings. The van der Waals surface area contributed by atoms with Crippen LogP contribution in [0.4, 0.5) is 0 Å². The zero-order chi connectivity index (χ0) is 11.1. The van der Waals surface area contributed by atoms with E-state index in [9.17, 15) is 0 Å². The summed E-state index contributed by atoms with van der Waals surface area (Å²) in [6.07, 6.45) is 5.44. The van der Waals surface area contributed by atoms with E-state index in [0.717, 1.165) is 6.04 Å². The average Bonchev–Trinajstić information content (AvgIpc) is 2.29. The van der Waals surface area contributed by atoms with E-state index in [4.69, 9.17) is 0 Å². The summed E-state index contributed by atoms with van der Waals surface area (Å²) in [5.74, 6) is 0. The summed E-state index contributed by atoms with van der Waals surface area (Å²) in [6.45, 7) is 13.2. The van der Waals surface area contributed by atoms with Crippen molar-refractivity contribution in [3.63, 3.8) is 0 Å². The zero-order valence-electron chi connectivity index (χ0n) is 10.8. The molecule has 0 spiro atoms. The highest BCUT2D eigenvalue weighted by atomic mass is 15.3. The lowest BCUT2D eigenvalue weighted by Crippen LogP contribution is -2.50. The topological polar surface area (TPSA) is 6.48 Å². The van der Waals surface area contributed by atoms with E-state index in [1.54, 1.807) is 0 Å². The third-order valence-corrected chi connectivity index (χ3v) is 3.61. The van der Waals surface area contributed by atoms with Gasteiger partial charge in [0.15, 0.2) is 0 Å². The Bertz CT molecular complexity index is 145. The number of nitrogens with zero attached hydrogens (tertiary/aromatic N) is 2. The van der Waals surface area contributed by atoms with Crippen molar-refractivity contribution in [2.75, 3.05) is 32.7 Å². The Labute approximate surface area is 95.6 Å². The molecule has 1 aliphatic heterocycles. The zero-order valence-corrected chi connectivity index (χ0v) is 10.8. The lowest BCUT2D eigenvalue weighted by Gasteiger charge is -2.39. The summed E-state index contributed by atoms with van der Waals surface area (Å²) >= 11 is 0. The van der Waals surface area contributed by atoms with Crippen LogP contribution >= 0.6 is 0 Å². The second-order valence-corrected chi connectivity index (χ2v) is 4.70. The van der Waals surface area contributed by atoms with Crippen molar-refractivity contribution in [3.05, 3.63) is 0 Å². The molecule has 15 heavy (non-hydrogen) atoms. The van der Waals surface area contributed by atoms with Gasteiger partial charge in [0.05, 0.1) is 0 Å². The van der Waals surface area contributed by atoms with Gasteiger partial charge in [-0.05, 0) is 19.4 Å². The van der Waals surface area contributed by atoms with Gasteiger partial charge >= 0.3 is 0 Å². The first-order chi connectivity index (χ1) is 7.31. The largest absolute Gasteiger partial charge is 0.301 e. The Morgan fingerprint density at radius 2 is 1.40 bits per heavy atom. The van der Waals surface area contributed by atoms with Crippen molar-refractivity contribution < 1.29 is 0 Å². The summed E-state index contributed by atoms with van der Waals surface area (Å²) in [6, 6.07) is 0.860. The fourth-order valence-electron chi connectivity index (χ4n) is 2.62. The number of likely N-dealkylation sites (N-methyl/N-ethyl adjacent to an activating group) is 1. The molecule has 0 radical (unpaired) electrons. The molecule has 0 aromatic rings. The van der Waals surface area contributed by atoms with Gasteiger partial charge in [0.1, 0.15) is 0 Å². The number of piperazine rings is 1. The van der Waals surface area contributed by atoms with Gasteiger partial charge < -0.3 is 4.90 Å². The van der Waals surface area contributed by atoms with E-state index in [1.165, 1.54) is 58.4 Å². The summed E-state index contributed by atoms with van der Waals surface area (Å²) in [5.41, 5.74) is 0. The van der Waals surface area contributed by atoms with Crippen molar-refractivity contribution in [1.29, 1.82) is 0 Å². The van der Waals surface area contributed by atoms with Gasteiger partial charge in [0.25, 0.3) is 0 Å². The van der Waals surface area contributed by atoms with Crippen LogP contribution in [0, 0.1) is 0 Å². The van der Waals surface area contributed by atoms with Gasteiger partial charge in [-0.25, -0.2) is 0 Å². The minimum Gasteiger partial charge on any atom is -0.301 e. The molecule has 1 saturated heterocycles. The lowest BCUT2D eigenvalue weighted by atomic mass is 10.0. The standard InChI is InChI=1S/C13H28N2/c1-4-7-13(8-5-2)15-11-9-14(6-3)10-12-15/h13H,4-12H2,1-3H3. The molecule has 0 N–H and O–H groups in total. The van der Waals surface area contributed by atoms with Crippen molar-refractivity contribution >= 4 is 0 Å². The van der Waals surface area contributed by atoms with Gasteiger partial charge in [-0.15, -0.1) is 0 Å². The molecule has 2 nitrogen and oxygen atoms in total. The third-order valence-electron chi connectivity index (χ3n) is 3.61. The summed E-state index contributed by atoms with van der Waals surface area (Å²) < 4.78 is 0.